The maximum absolute atomic E-state index is 12.6. The van der Waals surface area contributed by atoms with Crippen LogP contribution in [0.4, 0.5) is 4.79 Å². The van der Waals surface area contributed by atoms with Crippen LogP contribution in [0.15, 0.2) is 18.3 Å². The van der Waals surface area contributed by atoms with E-state index >= 15 is 0 Å². The van der Waals surface area contributed by atoms with Gasteiger partial charge in [-0.15, -0.1) is 0 Å². The number of ether oxygens (including phenoxy) is 1. The highest BCUT2D eigenvalue weighted by molar-refractivity contribution is 5.81. The molecule has 2 saturated heterocycles. The van der Waals surface area contributed by atoms with Crippen molar-refractivity contribution < 1.29 is 14.3 Å². The molecule has 3 heterocycles. The molecule has 2 fully saturated rings. The van der Waals surface area contributed by atoms with Crippen LogP contribution in [0, 0.1) is 12.8 Å². The monoisotopic (exact) mass is 346 g/mol. The molecule has 0 spiro atoms. The van der Waals surface area contributed by atoms with E-state index in [4.69, 9.17) is 4.74 Å². The lowest BCUT2D eigenvalue weighted by Gasteiger charge is -2.36. The number of hydrogen-bond donors (Lipinski definition) is 1. The number of amides is 3. The van der Waals surface area contributed by atoms with Crippen molar-refractivity contribution in [3.05, 3.63) is 29.6 Å². The summed E-state index contributed by atoms with van der Waals surface area (Å²) >= 11 is 0. The van der Waals surface area contributed by atoms with Crippen molar-refractivity contribution in [2.24, 2.45) is 5.92 Å². The molecule has 1 aromatic rings. The number of morpholine rings is 1. The van der Waals surface area contributed by atoms with E-state index in [-0.39, 0.29) is 17.9 Å². The third-order valence-corrected chi connectivity index (χ3v) is 4.79. The lowest BCUT2D eigenvalue weighted by Crippen LogP contribution is -2.51. The Morgan fingerprint density at radius 3 is 2.84 bits per heavy atom. The SMILES string of the molecule is Cc1cc(CNC(=O)N2CCC[C@@H](C(=O)N3CCOCC3)C2)ccn1. The molecule has 0 aromatic carbocycles. The number of hydrogen-bond acceptors (Lipinski definition) is 4. The second-order valence-electron chi connectivity index (χ2n) is 6.69. The van der Waals surface area contributed by atoms with Gasteiger partial charge in [0.2, 0.25) is 5.91 Å². The van der Waals surface area contributed by atoms with E-state index in [0.29, 0.717) is 45.9 Å². The molecular weight excluding hydrogens is 320 g/mol. The highest BCUT2D eigenvalue weighted by atomic mass is 16.5. The molecule has 1 aromatic heterocycles. The van der Waals surface area contributed by atoms with Gasteiger partial charge in [0.05, 0.1) is 19.1 Å². The molecule has 0 aliphatic carbocycles. The molecule has 25 heavy (non-hydrogen) atoms. The Labute approximate surface area is 148 Å². The summed E-state index contributed by atoms with van der Waals surface area (Å²) in [5, 5.41) is 2.95. The van der Waals surface area contributed by atoms with Gasteiger partial charge >= 0.3 is 6.03 Å². The van der Waals surface area contributed by atoms with Gasteiger partial charge in [-0.05, 0) is 37.5 Å². The minimum absolute atomic E-state index is 0.0965. The zero-order valence-electron chi connectivity index (χ0n) is 14.7. The van der Waals surface area contributed by atoms with Gasteiger partial charge in [-0.3, -0.25) is 9.78 Å². The van der Waals surface area contributed by atoms with Crippen molar-refractivity contribution in [2.45, 2.75) is 26.3 Å². The van der Waals surface area contributed by atoms with Crippen LogP contribution in [0.25, 0.3) is 0 Å². The van der Waals surface area contributed by atoms with Crippen molar-refractivity contribution in [1.29, 1.82) is 0 Å². The summed E-state index contributed by atoms with van der Waals surface area (Å²) in [6, 6.07) is 3.75. The van der Waals surface area contributed by atoms with Gasteiger partial charge in [0, 0.05) is 44.6 Å². The number of piperidine rings is 1. The standard InChI is InChI=1S/C18H26N4O3/c1-14-11-15(4-5-19-14)12-20-18(24)22-6-2-3-16(13-22)17(23)21-7-9-25-10-8-21/h4-5,11,16H,2-3,6-10,12-13H2,1H3,(H,20,24)/t16-/m1/s1. The van der Waals surface area contributed by atoms with Crippen molar-refractivity contribution in [2.75, 3.05) is 39.4 Å². The second-order valence-corrected chi connectivity index (χ2v) is 6.69. The van der Waals surface area contributed by atoms with Gasteiger partial charge in [0.1, 0.15) is 0 Å². The smallest absolute Gasteiger partial charge is 0.317 e. The zero-order valence-corrected chi connectivity index (χ0v) is 14.7. The average molecular weight is 346 g/mol. The number of nitrogens with one attached hydrogen (secondary N) is 1. The number of aryl methyl sites for hydroxylation is 1. The number of nitrogens with zero attached hydrogens (tertiary/aromatic N) is 3. The van der Waals surface area contributed by atoms with Crippen molar-refractivity contribution in [3.8, 4) is 0 Å². The predicted octanol–water partition coefficient (Wildman–Crippen LogP) is 1.17. The quantitative estimate of drug-likeness (QED) is 0.892. The highest BCUT2D eigenvalue weighted by Gasteiger charge is 2.31. The summed E-state index contributed by atoms with van der Waals surface area (Å²) in [6.45, 7) is 6.12. The van der Waals surface area contributed by atoms with Crippen LogP contribution in [0.1, 0.15) is 24.1 Å². The Morgan fingerprint density at radius 2 is 2.08 bits per heavy atom. The van der Waals surface area contributed by atoms with Crippen LogP contribution in [0.5, 0.6) is 0 Å². The van der Waals surface area contributed by atoms with E-state index in [1.807, 2.05) is 24.0 Å². The van der Waals surface area contributed by atoms with Crippen LogP contribution in [-0.2, 0) is 16.1 Å². The molecule has 3 amide bonds. The summed E-state index contributed by atoms with van der Waals surface area (Å²) in [5.41, 5.74) is 1.96. The molecule has 0 bridgehead atoms. The van der Waals surface area contributed by atoms with E-state index < -0.39 is 0 Å². The Balaban J connectivity index is 1.51. The third kappa shape index (κ3) is 4.69. The van der Waals surface area contributed by atoms with Crippen LogP contribution in [-0.4, -0.2) is 66.1 Å². The minimum Gasteiger partial charge on any atom is -0.378 e. The molecule has 1 atom stereocenters. The molecule has 0 radical (unpaired) electrons. The first-order valence-electron chi connectivity index (χ1n) is 8.94. The fourth-order valence-electron chi connectivity index (χ4n) is 3.41. The topological polar surface area (TPSA) is 74.8 Å². The first-order chi connectivity index (χ1) is 12.1. The van der Waals surface area contributed by atoms with Crippen LogP contribution < -0.4 is 5.32 Å². The fraction of sp³-hybridized carbons (Fsp3) is 0.611. The number of carbonyl (C=O) groups is 2. The Hall–Kier alpha value is -2.15. The van der Waals surface area contributed by atoms with Gasteiger partial charge in [-0.1, -0.05) is 0 Å². The number of rotatable bonds is 3. The average Bonchev–Trinajstić information content (AvgIpc) is 2.66. The third-order valence-electron chi connectivity index (χ3n) is 4.79. The highest BCUT2D eigenvalue weighted by Crippen LogP contribution is 2.19. The number of pyridine rings is 1. The number of urea groups is 1. The molecular formula is C18H26N4O3. The number of carbonyl (C=O) groups excluding carboxylic acids is 2. The molecule has 0 unspecified atom stereocenters. The Bertz CT molecular complexity index is 616. The van der Waals surface area contributed by atoms with Gasteiger partial charge in [0.25, 0.3) is 0 Å². The lowest BCUT2D eigenvalue weighted by atomic mass is 9.96. The maximum atomic E-state index is 12.6. The summed E-state index contributed by atoms with van der Waals surface area (Å²) in [6.07, 6.45) is 3.46. The first-order valence-corrected chi connectivity index (χ1v) is 8.94. The van der Waals surface area contributed by atoms with Crippen LogP contribution >= 0.6 is 0 Å². The van der Waals surface area contributed by atoms with Crippen molar-refractivity contribution in [3.63, 3.8) is 0 Å². The molecule has 7 nitrogen and oxygen atoms in total. The molecule has 136 valence electrons. The number of aromatic nitrogens is 1. The molecule has 2 aliphatic heterocycles. The predicted molar refractivity (Wildman–Crippen MR) is 92.9 cm³/mol. The van der Waals surface area contributed by atoms with E-state index in [9.17, 15) is 9.59 Å². The molecule has 7 heteroatoms. The van der Waals surface area contributed by atoms with E-state index in [2.05, 4.69) is 10.3 Å². The van der Waals surface area contributed by atoms with E-state index in [0.717, 1.165) is 24.1 Å². The lowest BCUT2D eigenvalue weighted by molar-refractivity contribution is -0.141. The Morgan fingerprint density at radius 1 is 1.28 bits per heavy atom. The van der Waals surface area contributed by atoms with Gasteiger partial charge in [-0.25, -0.2) is 4.79 Å². The normalized spacial score (nSPS) is 21.1. The fourth-order valence-corrected chi connectivity index (χ4v) is 3.41. The van der Waals surface area contributed by atoms with E-state index in [1.54, 1.807) is 11.1 Å². The maximum Gasteiger partial charge on any atom is 0.317 e. The Kier molecular flexibility index (Phi) is 5.86. The van der Waals surface area contributed by atoms with Crippen LogP contribution in [0.2, 0.25) is 0 Å². The van der Waals surface area contributed by atoms with Gasteiger partial charge < -0.3 is 19.9 Å². The van der Waals surface area contributed by atoms with Gasteiger partial charge in [0.15, 0.2) is 0 Å². The summed E-state index contributed by atoms with van der Waals surface area (Å²) in [5.74, 6) is 0.0614. The van der Waals surface area contributed by atoms with E-state index in [1.165, 1.54) is 0 Å². The van der Waals surface area contributed by atoms with Crippen molar-refractivity contribution >= 4 is 11.9 Å². The largest absolute Gasteiger partial charge is 0.378 e. The minimum atomic E-state index is -0.103. The van der Waals surface area contributed by atoms with Gasteiger partial charge in [-0.2, -0.15) is 0 Å². The summed E-state index contributed by atoms with van der Waals surface area (Å²) < 4.78 is 5.31. The van der Waals surface area contributed by atoms with Crippen molar-refractivity contribution in [1.82, 2.24) is 20.1 Å². The molecule has 0 saturated carbocycles. The zero-order chi connectivity index (χ0) is 17.6. The van der Waals surface area contributed by atoms with Crippen LogP contribution in [0.3, 0.4) is 0 Å². The molecule has 2 aliphatic rings. The molecule has 1 N–H and O–H groups in total. The molecule has 3 rings (SSSR count). The number of likely N-dealkylation sites (tertiary alicyclic amines) is 1. The second kappa shape index (κ2) is 8.29. The first kappa shape index (κ1) is 17.7. The summed E-state index contributed by atoms with van der Waals surface area (Å²) in [4.78, 5) is 32.9. The summed E-state index contributed by atoms with van der Waals surface area (Å²) in [7, 11) is 0.